The number of amides is 1. The molecule has 104 valence electrons. The number of nitrogens with zero attached hydrogens (tertiary/aromatic N) is 4. The largest absolute Gasteiger partial charge is 0.366 e. The van der Waals surface area contributed by atoms with E-state index in [1.807, 2.05) is 0 Å². The Hall–Kier alpha value is -3.09. The molecular formula is C14H10FN5O. The van der Waals surface area contributed by atoms with Crippen molar-refractivity contribution in [1.29, 1.82) is 0 Å². The van der Waals surface area contributed by atoms with E-state index in [9.17, 15) is 9.18 Å². The lowest BCUT2D eigenvalue weighted by molar-refractivity contribution is 0.100. The molecule has 0 bridgehead atoms. The summed E-state index contributed by atoms with van der Waals surface area (Å²) in [4.78, 5) is 19.3. The molecule has 0 radical (unpaired) electrons. The fraction of sp³-hybridized carbons (Fsp3) is 0. The predicted molar refractivity (Wildman–Crippen MR) is 73.1 cm³/mol. The van der Waals surface area contributed by atoms with Gasteiger partial charge in [-0.05, 0) is 24.3 Å². The van der Waals surface area contributed by atoms with E-state index < -0.39 is 11.7 Å². The molecule has 0 unspecified atom stereocenters. The van der Waals surface area contributed by atoms with Gasteiger partial charge in [-0.25, -0.2) is 19.0 Å². The molecule has 1 aromatic carbocycles. The van der Waals surface area contributed by atoms with Crippen LogP contribution in [0.3, 0.4) is 0 Å². The quantitative estimate of drug-likeness (QED) is 0.790. The Kier molecular flexibility index (Phi) is 3.15. The van der Waals surface area contributed by atoms with Gasteiger partial charge in [0, 0.05) is 29.6 Å². The minimum atomic E-state index is -0.627. The fourth-order valence-corrected chi connectivity index (χ4v) is 1.90. The molecule has 21 heavy (non-hydrogen) atoms. The van der Waals surface area contributed by atoms with Crippen molar-refractivity contribution >= 4 is 5.91 Å². The van der Waals surface area contributed by atoms with Crippen LogP contribution in [0.25, 0.3) is 17.1 Å². The van der Waals surface area contributed by atoms with Crippen molar-refractivity contribution in [3.63, 3.8) is 0 Å². The van der Waals surface area contributed by atoms with Gasteiger partial charge in [-0.3, -0.25) is 4.79 Å². The minimum Gasteiger partial charge on any atom is -0.366 e. The standard InChI is InChI=1S/C14H10FN5O/c15-11-3-2-9(14(16)21)6-10(11)12-7-13(18-8-17-12)20-5-1-4-19-20/h1-8H,(H2,16,21). The number of carbonyl (C=O) groups is 1. The first kappa shape index (κ1) is 12.9. The zero-order valence-electron chi connectivity index (χ0n) is 10.8. The Morgan fingerprint density at radius 1 is 1.24 bits per heavy atom. The van der Waals surface area contributed by atoms with Gasteiger partial charge in [-0.1, -0.05) is 0 Å². The van der Waals surface area contributed by atoms with Gasteiger partial charge in [0.15, 0.2) is 5.82 Å². The van der Waals surface area contributed by atoms with Crippen LogP contribution in [0.15, 0.2) is 49.1 Å². The van der Waals surface area contributed by atoms with Crippen molar-refractivity contribution < 1.29 is 9.18 Å². The van der Waals surface area contributed by atoms with E-state index in [-0.39, 0.29) is 11.1 Å². The third kappa shape index (κ3) is 2.48. The smallest absolute Gasteiger partial charge is 0.248 e. The van der Waals surface area contributed by atoms with Crippen molar-refractivity contribution in [2.45, 2.75) is 0 Å². The summed E-state index contributed by atoms with van der Waals surface area (Å²) in [5.41, 5.74) is 5.95. The second kappa shape index (κ2) is 5.12. The van der Waals surface area contributed by atoms with Gasteiger partial charge in [0.05, 0.1) is 5.69 Å². The first-order valence-electron chi connectivity index (χ1n) is 6.07. The highest BCUT2D eigenvalue weighted by atomic mass is 19.1. The van der Waals surface area contributed by atoms with E-state index in [2.05, 4.69) is 15.1 Å². The molecule has 0 atom stereocenters. The molecule has 0 saturated heterocycles. The number of hydrogen-bond donors (Lipinski definition) is 1. The number of halogens is 1. The summed E-state index contributed by atoms with van der Waals surface area (Å²) in [6.45, 7) is 0. The van der Waals surface area contributed by atoms with Crippen LogP contribution < -0.4 is 5.73 Å². The number of nitrogens with two attached hydrogens (primary N) is 1. The summed E-state index contributed by atoms with van der Waals surface area (Å²) in [7, 11) is 0. The lowest BCUT2D eigenvalue weighted by Gasteiger charge is -2.06. The number of primary amides is 1. The lowest BCUT2D eigenvalue weighted by Crippen LogP contribution is -2.11. The molecule has 2 N–H and O–H groups in total. The molecule has 7 heteroatoms. The third-order valence-electron chi connectivity index (χ3n) is 2.92. The molecule has 0 saturated carbocycles. The van der Waals surface area contributed by atoms with Crippen LogP contribution in [0.1, 0.15) is 10.4 Å². The normalized spacial score (nSPS) is 10.5. The topological polar surface area (TPSA) is 86.7 Å². The van der Waals surface area contributed by atoms with E-state index in [0.29, 0.717) is 11.5 Å². The van der Waals surface area contributed by atoms with Gasteiger partial charge >= 0.3 is 0 Å². The minimum absolute atomic E-state index is 0.183. The molecule has 6 nitrogen and oxygen atoms in total. The second-order valence-electron chi connectivity index (χ2n) is 4.27. The fourth-order valence-electron chi connectivity index (χ4n) is 1.90. The number of aromatic nitrogens is 4. The SMILES string of the molecule is NC(=O)c1ccc(F)c(-c2cc(-n3cccn3)ncn2)c1. The maximum Gasteiger partial charge on any atom is 0.248 e. The Balaban J connectivity index is 2.11. The molecular weight excluding hydrogens is 273 g/mol. The Morgan fingerprint density at radius 3 is 2.81 bits per heavy atom. The summed E-state index contributed by atoms with van der Waals surface area (Å²) >= 11 is 0. The Morgan fingerprint density at radius 2 is 2.10 bits per heavy atom. The molecule has 0 aliphatic heterocycles. The molecule has 0 aliphatic carbocycles. The van der Waals surface area contributed by atoms with Gasteiger partial charge in [-0.2, -0.15) is 5.10 Å². The predicted octanol–water partition coefficient (Wildman–Crippen LogP) is 1.57. The Bertz CT molecular complexity index is 801. The molecule has 2 aromatic heterocycles. The molecule has 0 aliphatic rings. The van der Waals surface area contributed by atoms with Crippen LogP contribution >= 0.6 is 0 Å². The summed E-state index contributed by atoms with van der Waals surface area (Å²) in [6, 6.07) is 7.21. The van der Waals surface area contributed by atoms with Gasteiger partial charge in [-0.15, -0.1) is 0 Å². The monoisotopic (exact) mass is 283 g/mol. The molecule has 3 rings (SSSR count). The molecule has 3 aromatic rings. The van der Waals surface area contributed by atoms with Gasteiger partial charge in [0.2, 0.25) is 5.91 Å². The number of carbonyl (C=O) groups excluding carboxylic acids is 1. The van der Waals surface area contributed by atoms with E-state index in [1.54, 1.807) is 24.5 Å². The molecule has 1 amide bonds. The van der Waals surface area contributed by atoms with Crippen LogP contribution in [0, 0.1) is 5.82 Å². The van der Waals surface area contributed by atoms with Crippen LogP contribution in [0.4, 0.5) is 4.39 Å². The van der Waals surface area contributed by atoms with E-state index in [4.69, 9.17) is 5.73 Å². The first-order chi connectivity index (χ1) is 10.1. The molecule has 0 spiro atoms. The second-order valence-corrected chi connectivity index (χ2v) is 4.27. The van der Waals surface area contributed by atoms with Crippen LogP contribution in [0.5, 0.6) is 0 Å². The molecule has 0 fully saturated rings. The van der Waals surface area contributed by atoms with Gasteiger partial charge < -0.3 is 5.73 Å². The first-order valence-corrected chi connectivity index (χ1v) is 6.07. The third-order valence-corrected chi connectivity index (χ3v) is 2.92. The van der Waals surface area contributed by atoms with Crippen LogP contribution in [-0.4, -0.2) is 25.7 Å². The number of benzene rings is 1. The zero-order valence-corrected chi connectivity index (χ0v) is 10.8. The highest BCUT2D eigenvalue weighted by Gasteiger charge is 2.11. The average Bonchev–Trinajstić information content (AvgIpc) is 3.02. The lowest BCUT2D eigenvalue weighted by atomic mass is 10.1. The summed E-state index contributed by atoms with van der Waals surface area (Å²) in [5, 5.41) is 4.05. The van der Waals surface area contributed by atoms with E-state index >= 15 is 0 Å². The maximum atomic E-state index is 14.0. The zero-order chi connectivity index (χ0) is 14.8. The highest BCUT2D eigenvalue weighted by Crippen LogP contribution is 2.23. The summed E-state index contributed by atoms with van der Waals surface area (Å²) in [5.74, 6) is -0.628. The summed E-state index contributed by atoms with van der Waals surface area (Å²) < 4.78 is 15.5. The van der Waals surface area contributed by atoms with Crippen molar-refractivity contribution in [2.75, 3.05) is 0 Å². The average molecular weight is 283 g/mol. The Labute approximate surface area is 119 Å². The van der Waals surface area contributed by atoms with Gasteiger partial charge in [0.1, 0.15) is 12.1 Å². The highest BCUT2D eigenvalue weighted by molar-refractivity contribution is 5.94. The van der Waals surface area contributed by atoms with Crippen molar-refractivity contribution in [2.24, 2.45) is 5.73 Å². The number of rotatable bonds is 3. The van der Waals surface area contributed by atoms with Crippen molar-refractivity contribution in [3.05, 3.63) is 60.4 Å². The van der Waals surface area contributed by atoms with Gasteiger partial charge in [0.25, 0.3) is 0 Å². The maximum absolute atomic E-state index is 14.0. The van der Waals surface area contributed by atoms with E-state index in [0.717, 1.165) is 0 Å². The van der Waals surface area contributed by atoms with Crippen LogP contribution in [-0.2, 0) is 0 Å². The summed E-state index contributed by atoms with van der Waals surface area (Å²) in [6.07, 6.45) is 4.63. The van der Waals surface area contributed by atoms with Crippen LogP contribution in [0.2, 0.25) is 0 Å². The molecule has 2 heterocycles. The van der Waals surface area contributed by atoms with Crippen molar-refractivity contribution in [3.8, 4) is 17.1 Å². The van der Waals surface area contributed by atoms with E-state index in [1.165, 1.54) is 29.2 Å². The number of hydrogen-bond acceptors (Lipinski definition) is 4. The van der Waals surface area contributed by atoms with Crippen molar-refractivity contribution in [1.82, 2.24) is 19.7 Å².